The third kappa shape index (κ3) is 1.87. The van der Waals surface area contributed by atoms with Gasteiger partial charge in [-0.2, -0.15) is 5.26 Å². The van der Waals surface area contributed by atoms with Crippen LogP contribution >= 0.6 is 0 Å². The molecule has 0 aliphatic carbocycles. The minimum absolute atomic E-state index is 0.192. The van der Waals surface area contributed by atoms with Crippen molar-refractivity contribution >= 4 is 5.69 Å². The smallest absolute Gasteiger partial charge is 0.268 e. The lowest BCUT2D eigenvalue weighted by molar-refractivity contribution is -0.384. The maximum atomic E-state index is 11.2. The molecule has 90 valence electrons. The summed E-state index contributed by atoms with van der Waals surface area (Å²) in [4.78, 5) is 21.6. The van der Waals surface area contributed by atoms with Gasteiger partial charge in [0.15, 0.2) is 0 Å². The van der Waals surface area contributed by atoms with Gasteiger partial charge in [-0.05, 0) is 19.1 Å². The molecule has 0 spiro atoms. The Morgan fingerprint density at radius 3 is 2.67 bits per heavy atom. The van der Waals surface area contributed by atoms with E-state index >= 15 is 0 Å². The molecule has 1 aromatic carbocycles. The molecule has 0 aliphatic heterocycles. The normalized spacial score (nSPS) is 10.0. The van der Waals surface area contributed by atoms with Gasteiger partial charge in [0.05, 0.1) is 16.6 Å². The Balaban J connectivity index is 2.72. The van der Waals surface area contributed by atoms with Crippen molar-refractivity contribution in [2.75, 3.05) is 0 Å². The summed E-state index contributed by atoms with van der Waals surface area (Å²) in [5.41, 5.74) is 0.388. The number of H-pyrrole nitrogens is 1. The first-order chi connectivity index (χ1) is 8.52. The van der Waals surface area contributed by atoms with Crippen molar-refractivity contribution in [3.8, 4) is 11.8 Å². The second kappa shape index (κ2) is 4.18. The van der Waals surface area contributed by atoms with Gasteiger partial charge in [0, 0.05) is 17.8 Å². The molecule has 0 saturated carbocycles. The number of hydrogen-bond donors (Lipinski definition) is 1. The Labute approximate surface area is 101 Å². The highest BCUT2D eigenvalue weighted by molar-refractivity contribution is 5.56. The summed E-state index contributed by atoms with van der Waals surface area (Å²) in [6.45, 7) is 1.65. The molecule has 0 aliphatic rings. The molecule has 0 radical (unpaired) electrons. The quantitative estimate of drug-likeness (QED) is 0.633. The maximum Gasteiger partial charge on any atom is 0.296 e. The third-order valence-corrected chi connectivity index (χ3v) is 2.46. The molecular formula is C11H8N4O3. The maximum absolute atomic E-state index is 11.2. The number of nitriles is 1. The summed E-state index contributed by atoms with van der Waals surface area (Å²) >= 11 is 0. The SMILES string of the molecule is Cc1cc(=O)[nH]n1-c1ccc(C#N)cc1[N+](=O)[O-]. The van der Waals surface area contributed by atoms with Crippen molar-refractivity contribution in [3.05, 3.63) is 56.0 Å². The molecule has 0 fully saturated rings. The van der Waals surface area contributed by atoms with Crippen molar-refractivity contribution in [2.24, 2.45) is 0 Å². The number of aromatic nitrogens is 2. The number of hydrogen-bond acceptors (Lipinski definition) is 4. The first-order valence-electron chi connectivity index (χ1n) is 5.00. The zero-order valence-corrected chi connectivity index (χ0v) is 9.38. The summed E-state index contributed by atoms with van der Waals surface area (Å²) in [6.07, 6.45) is 0. The molecule has 7 heteroatoms. The average Bonchev–Trinajstić information content (AvgIpc) is 2.67. The van der Waals surface area contributed by atoms with Crippen LogP contribution in [0.2, 0.25) is 0 Å². The molecule has 0 atom stereocenters. The number of nitrogens with zero attached hydrogens (tertiary/aromatic N) is 3. The van der Waals surface area contributed by atoms with E-state index in [9.17, 15) is 14.9 Å². The van der Waals surface area contributed by atoms with Crippen LogP contribution in [0.15, 0.2) is 29.1 Å². The fourth-order valence-corrected chi connectivity index (χ4v) is 1.66. The van der Waals surface area contributed by atoms with Crippen LogP contribution < -0.4 is 5.56 Å². The summed E-state index contributed by atoms with van der Waals surface area (Å²) in [7, 11) is 0. The van der Waals surface area contributed by atoms with E-state index < -0.39 is 4.92 Å². The van der Waals surface area contributed by atoms with Crippen LogP contribution in [0.4, 0.5) is 5.69 Å². The monoisotopic (exact) mass is 244 g/mol. The number of aromatic amines is 1. The predicted molar refractivity (Wildman–Crippen MR) is 62.5 cm³/mol. The fraction of sp³-hybridized carbons (Fsp3) is 0.0909. The summed E-state index contributed by atoms with van der Waals surface area (Å²) in [5, 5.41) is 22.2. The average molecular weight is 244 g/mol. The lowest BCUT2D eigenvalue weighted by Gasteiger charge is -2.06. The van der Waals surface area contributed by atoms with Crippen LogP contribution in [0.5, 0.6) is 0 Å². The predicted octanol–water partition coefficient (Wildman–Crippen LogP) is 1.25. The van der Waals surface area contributed by atoms with Crippen LogP contribution in [0.25, 0.3) is 5.69 Å². The van der Waals surface area contributed by atoms with Gasteiger partial charge < -0.3 is 0 Å². The number of rotatable bonds is 2. The zero-order chi connectivity index (χ0) is 13.3. The molecule has 0 saturated heterocycles. The van der Waals surface area contributed by atoms with Gasteiger partial charge in [-0.3, -0.25) is 24.7 Å². The minimum atomic E-state index is -0.589. The number of benzene rings is 1. The Kier molecular flexibility index (Phi) is 2.69. The Bertz CT molecular complexity index is 721. The zero-order valence-electron chi connectivity index (χ0n) is 9.38. The highest BCUT2D eigenvalue weighted by atomic mass is 16.6. The van der Waals surface area contributed by atoms with E-state index in [1.165, 1.54) is 28.9 Å². The van der Waals surface area contributed by atoms with E-state index in [0.717, 1.165) is 0 Å². The highest BCUT2D eigenvalue weighted by Gasteiger charge is 2.17. The van der Waals surface area contributed by atoms with Crippen LogP contribution in [0.1, 0.15) is 11.3 Å². The summed E-state index contributed by atoms with van der Waals surface area (Å²) in [6, 6.07) is 7.23. The van der Waals surface area contributed by atoms with E-state index in [1.54, 1.807) is 6.92 Å². The van der Waals surface area contributed by atoms with Crippen molar-refractivity contribution in [3.63, 3.8) is 0 Å². The van der Waals surface area contributed by atoms with Gasteiger partial charge in [0.25, 0.3) is 11.2 Å². The van der Waals surface area contributed by atoms with Crippen molar-refractivity contribution < 1.29 is 4.92 Å². The van der Waals surface area contributed by atoms with Crippen molar-refractivity contribution in [1.29, 1.82) is 5.26 Å². The van der Waals surface area contributed by atoms with Crippen LogP contribution in [0.3, 0.4) is 0 Å². The molecule has 7 nitrogen and oxygen atoms in total. The molecule has 2 rings (SSSR count). The minimum Gasteiger partial charge on any atom is -0.268 e. The first kappa shape index (κ1) is 11.6. The van der Waals surface area contributed by atoms with Gasteiger partial charge in [-0.25, -0.2) is 0 Å². The van der Waals surface area contributed by atoms with Gasteiger partial charge in [-0.15, -0.1) is 0 Å². The Morgan fingerprint density at radius 1 is 1.44 bits per heavy atom. The first-order valence-corrected chi connectivity index (χ1v) is 5.00. The molecule has 18 heavy (non-hydrogen) atoms. The van der Waals surface area contributed by atoms with Gasteiger partial charge >= 0.3 is 0 Å². The second-order valence-electron chi connectivity index (χ2n) is 3.67. The standard InChI is InChI=1S/C11H8N4O3/c1-7-4-11(16)13-14(7)9-3-2-8(6-12)5-10(9)15(17)18/h2-5H,1H3,(H,13,16). The number of nitrogens with one attached hydrogen (secondary N) is 1. The van der Waals surface area contributed by atoms with Crippen molar-refractivity contribution in [1.82, 2.24) is 9.78 Å². The van der Waals surface area contributed by atoms with E-state index in [2.05, 4.69) is 5.10 Å². The van der Waals surface area contributed by atoms with Gasteiger partial charge in [-0.1, -0.05) is 0 Å². The fourth-order valence-electron chi connectivity index (χ4n) is 1.66. The lowest BCUT2D eigenvalue weighted by Crippen LogP contribution is -2.07. The van der Waals surface area contributed by atoms with Crippen molar-refractivity contribution in [2.45, 2.75) is 6.92 Å². The van der Waals surface area contributed by atoms with E-state index in [0.29, 0.717) is 5.69 Å². The molecule has 2 aromatic rings. The molecule has 0 unspecified atom stereocenters. The molecule has 1 N–H and O–H groups in total. The molecule has 0 amide bonds. The lowest BCUT2D eigenvalue weighted by atomic mass is 10.2. The molecule has 1 aromatic heterocycles. The topological polar surface area (TPSA) is 105 Å². The van der Waals surface area contributed by atoms with E-state index in [-0.39, 0.29) is 22.5 Å². The number of nitro groups is 1. The van der Waals surface area contributed by atoms with Gasteiger partial charge in [0.2, 0.25) is 0 Å². The van der Waals surface area contributed by atoms with E-state index in [4.69, 9.17) is 5.26 Å². The Morgan fingerprint density at radius 2 is 2.17 bits per heavy atom. The second-order valence-corrected chi connectivity index (χ2v) is 3.67. The molecule has 1 heterocycles. The number of nitro benzene ring substituents is 1. The molecular weight excluding hydrogens is 236 g/mol. The number of aryl methyl sites for hydroxylation is 1. The largest absolute Gasteiger partial charge is 0.296 e. The summed E-state index contributed by atoms with van der Waals surface area (Å²) in [5.74, 6) is 0. The van der Waals surface area contributed by atoms with Crippen LogP contribution in [-0.4, -0.2) is 14.7 Å². The van der Waals surface area contributed by atoms with Crippen LogP contribution in [-0.2, 0) is 0 Å². The molecule has 0 bridgehead atoms. The van der Waals surface area contributed by atoms with Crippen LogP contribution in [0, 0.1) is 28.4 Å². The summed E-state index contributed by atoms with van der Waals surface area (Å²) < 4.78 is 1.32. The highest BCUT2D eigenvalue weighted by Crippen LogP contribution is 2.24. The Hall–Kier alpha value is -2.88. The third-order valence-electron chi connectivity index (χ3n) is 2.46. The van der Waals surface area contributed by atoms with Gasteiger partial charge in [0.1, 0.15) is 5.69 Å². The van der Waals surface area contributed by atoms with E-state index in [1.807, 2.05) is 6.07 Å².